The van der Waals surface area contributed by atoms with Gasteiger partial charge in [0.1, 0.15) is 0 Å². The lowest BCUT2D eigenvalue weighted by Gasteiger charge is -2.31. The SMILES string of the molecule is Cc1cc(C(=O)N2CCCC(CC(=O)O)C2)on1. The van der Waals surface area contributed by atoms with Gasteiger partial charge in [-0.05, 0) is 25.7 Å². The molecular weight excluding hydrogens is 236 g/mol. The van der Waals surface area contributed by atoms with Crippen LogP contribution in [-0.4, -0.2) is 40.1 Å². The lowest BCUT2D eigenvalue weighted by Crippen LogP contribution is -2.40. The second-order valence-electron chi connectivity index (χ2n) is 4.69. The van der Waals surface area contributed by atoms with Gasteiger partial charge in [0, 0.05) is 25.6 Å². The van der Waals surface area contributed by atoms with Crippen LogP contribution in [0.25, 0.3) is 0 Å². The monoisotopic (exact) mass is 252 g/mol. The summed E-state index contributed by atoms with van der Waals surface area (Å²) in [6.07, 6.45) is 1.79. The van der Waals surface area contributed by atoms with E-state index in [0.29, 0.717) is 18.8 Å². The predicted octanol–water partition coefficient (Wildman–Crippen LogP) is 1.31. The van der Waals surface area contributed by atoms with Crippen molar-refractivity contribution < 1.29 is 19.2 Å². The molecule has 1 aromatic rings. The lowest BCUT2D eigenvalue weighted by molar-refractivity contribution is -0.138. The fourth-order valence-corrected chi connectivity index (χ4v) is 2.28. The second kappa shape index (κ2) is 5.20. The van der Waals surface area contributed by atoms with Crippen LogP contribution in [0.1, 0.15) is 35.5 Å². The average Bonchev–Trinajstić information content (AvgIpc) is 2.74. The molecule has 18 heavy (non-hydrogen) atoms. The van der Waals surface area contributed by atoms with Crippen molar-refractivity contribution in [3.8, 4) is 0 Å². The minimum atomic E-state index is -0.815. The van der Waals surface area contributed by atoms with Crippen LogP contribution in [0, 0.1) is 12.8 Å². The zero-order valence-electron chi connectivity index (χ0n) is 10.3. The van der Waals surface area contributed by atoms with E-state index >= 15 is 0 Å². The van der Waals surface area contributed by atoms with E-state index in [0.717, 1.165) is 12.8 Å². The number of hydrogen-bond acceptors (Lipinski definition) is 4. The van der Waals surface area contributed by atoms with Gasteiger partial charge in [0.25, 0.3) is 5.91 Å². The number of aliphatic carboxylic acids is 1. The maximum atomic E-state index is 12.1. The summed E-state index contributed by atoms with van der Waals surface area (Å²) >= 11 is 0. The third kappa shape index (κ3) is 2.88. The molecule has 0 saturated carbocycles. The van der Waals surface area contributed by atoms with Crippen LogP contribution in [0.5, 0.6) is 0 Å². The van der Waals surface area contributed by atoms with Crippen LogP contribution in [-0.2, 0) is 4.79 Å². The average molecular weight is 252 g/mol. The molecule has 2 heterocycles. The number of aromatic nitrogens is 1. The Bertz CT molecular complexity index is 455. The summed E-state index contributed by atoms with van der Waals surface area (Å²) < 4.78 is 4.94. The number of carboxylic acids is 1. The molecule has 1 unspecified atom stereocenters. The highest BCUT2D eigenvalue weighted by atomic mass is 16.5. The first-order valence-electron chi connectivity index (χ1n) is 6.00. The lowest BCUT2D eigenvalue weighted by atomic mass is 9.95. The van der Waals surface area contributed by atoms with Gasteiger partial charge in [-0.15, -0.1) is 0 Å². The van der Waals surface area contributed by atoms with Crippen LogP contribution in [0.3, 0.4) is 0 Å². The number of nitrogens with zero attached hydrogens (tertiary/aromatic N) is 2. The number of likely N-dealkylation sites (tertiary alicyclic amines) is 1. The minimum absolute atomic E-state index is 0.0317. The molecule has 1 aliphatic rings. The second-order valence-corrected chi connectivity index (χ2v) is 4.69. The van der Waals surface area contributed by atoms with Crippen LogP contribution in [0.15, 0.2) is 10.6 Å². The molecule has 1 saturated heterocycles. The summed E-state index contributed by atoms with van der Waals surface area (Å²) in [6.45, 7) is 2.88. The molecule has 1 fully saturated rings. The molecule has 98 valence electrons. The molecule has 0 spiro atoms. The van der Waals surface area contributed by atoms with Gasteiger partial charge in [-0.2, -0.15) is 0 Å². The largest absolute Gasteiger partial charge is 0.481 e. The van der Waals surface area contributed by atoms with E-state index in [-0.39, 0.29) is 24.0 Å². The van der Waals surface area contributed by atoms with Crippen molar-refractivity contribution in [3.63, 3.8) is 0 Å². The van der Waals surface area contributed by atoms with Crippen LogP contribution in [0.2, 0.25) is 0 Å². The van der Waals surface area contributed by atoms with E-state index < -0.39 is 5.97 Å². The quantitative estimate of drug-likeness (QED) is 0.876. The predicted molar refractivity (Wildman–Crippen MR) is 62.1 cm³/mol. The Morgan fingerprint density at radius 1 is 1.61 bits per heavy atom. The number of rotatable bonds is 3. The number of carboxylic acid groups (broad SMARTS) is 1. The molecule has 0 aromatic carbocycles. The summed E-state index contributed by atoms with van der Waals surface area (Å²) in [4.78, 5) is 24.4. The van der Waals surface area contributed by atoms with Gasteiger partial charge in [-0.25, -0.2) is 0 Å². The van der Waals surface area contributed by atoms with Gasteiger partial charge >= 0.3 is 5.97 Å². The van der Waals surface area contributed by atoms with Crippen molar-refractivity contribution in [1.29, 1.82) is 0 Å². The molecule has 1 atom stereocenters. The van der Waals surface area contributed by atoms with E-state index in [2.05, 4.69) is 5.16 Å². The fraction of sp³-hybridized carbons (Fsp3) is 0.583. The summed E-state index contributed by atoms with van der Waals surface area (Å²) in [6, 6.07) is 1.60. The first-order chi connectivity index (χ1) is 8.56. The Balaban J connectivity index is 2.00. The number of hydrogen-bond donors (Lipinski definition) is 1. The van der Waals surface area contributed by atoms with E-state index in [1.54, 1.807) is 17.9 Å². The van der Waals surface area contributed by atoms with Gasteiger partial charge in [-0.3, -0.25) is 9.59 Å². The third-order valence-corrected chi connectivity index (χ3v) is 3.11. The number of amides is 1. The highest BCUT2D eigenvalue weighted by Gasteiger charge is 2.27. The van der Waals surface area contributed by atoms with E-state index in [4.69, 9.17) is 9.63 Å². The molecular formula is C12H16N2O4. The Morgan fingerprint density at radius 3 is 3.00 bits per heavy atom. The van der Waals surface area contributed by atoms with Crippen LogP contribution >= 0.6 is 0 Å². The zero-order chi connectivity index (χ0) is 13.1. The van der Waals surface area contributed by atoms with E-state index in [1.165, 1.54) is 0 Å². The molecule has 1 amide bonds. The van der Waals surface area contributed by atoms with Gasteiger partial charge in [0.2, 0.25) is 5.76 Å². The Labute approximate surface area is 105 Å². The first kappa shape index (κ1) is 12.6. The number of carbonyl (C=O) groups is 2. The summed E-state index contributed by atoms with van der Waals surface area (Å²) in [5.74, 6) is -0.761. The fourth-order valence-electron chi connectivity index (χ4n) is 2.28. The molecule has 6 heteroatoms. The normalized spacial score (nSPS) is 19.8. The molecule has 2 rings (SSSR count). The van der Waals surface area contributed by atoms with Gasteiger partial charge in [-0.1, -0.05) is 5.16 Å². The van der Waals surface area contributed by atoms with Crippen molar-refractivity contribution >= 4 is 11.9 Å². The summed E-state index contributed by atoms with van der Waals surface area (Å²) in [7, 11) is 0. The number of aryl methyl sites for hydroxylation is 1. The minimum Gasteiger partial charge on any atom is -0.481 e. The van der Waals surface area contributed by atoms with Crippen molar-refractivity contribution in [2.75, 3.05) is 13.1 Å². The first-order valence-corrected chi connectivity index (χ1v) is 6.00. The highest BCUT2D eigenvalue weighted by Crippen LogP contribution is 2.21. The topological polar surface area (TPSA) is 83.6 Å². The molecule has 6 nitrogen and oxygen atoms in total. The van der Waals surface area contributed by atoms with Crippen molar-refractivity contribution in [2.45, 2.75) is 26.2 Å². The van der Waals surface area contributed by atoms with Crippen molar-refractivity contribution in [2.24, 2.45) is 5.92 Å². The molecule has 1 N–H and O–H groups in total. The molecule has 0 radical (unpaired) electrons. The smallest absolute Gasteiger partial charge is 0.303 e. The van der Waals surface area contributed by atoms with Gasteiger partial charge in [0.05, 0.1) is 5.69 Å². The Kier molecular flexibility index (Phi) is 3.64. The summed E-state index contributed by atoms with van der Waals surface area (Å²) in [5, 5.41) is 12.5. The maximum Gasteiger partial charge on any atom is 0.303 e. The summed E-state index contributed by atoms with van der Waals surface area (Å²) in [5.41, 5.74) is 0.664. The van der Waals surface area contributed by atoms with E-state index in [9.17, 15) is 9.59 Å². The maximum absolute atomic E-state index is 12.1. The van der Waals surface area contributed by atoms with E-state index in [1.807, 2.05) is 0 Å². The number of piperidine rings is 1. The van der Waals surface area contributed by atoms with Crippen LogP contribution < -0.4 is 0 Å². The Hall–Kier alpha value is -1.85. The molecule has 0 aliphatic carbocycles. The van der Waals surface area contributed by atoms with Gasteiger partial charge < -0.3 is 14.5 Å². The molecule has 0 bridgehead atoms. The van der Waals surface area contributed by atoms with Crippen molar-refractivity contribution in [1.82, 2.24) is 10.1 Å². The molecule has 1 aromatic heterocycles. The zero-order valence-corrected chi connectivity index (χ0v) is 10.3. The molecule has 1 aliphatic heterocycles. The standard InChI is InChI=1S/C12H16N2O4/c1-8-5-10(18-13-8)12(17)14-4-2-3-9(7-14)6-11(15)16/h5,9H,2-4,6-7H2,1H3,(H,15,16). The highest BCUT2D eigenvalue weighted by molar-refractivity contribution is 5.91. The number of carbonyl (C=O) groups excluding carboxylic acids is 1. The van der Waals surface area contributed by atoms with Gasteiger partial charge in [0.15, 0.2) is 0 Å². The van der Waals surface area contributed by atoms with Crippen molar-refractivity contribution in [3.05, 3.63) is 17.5 Å². The Morgan fingerprint density at radius 2 is 2.39 bits per heavy atom. The third-order valence-electron chi connectivity index (χ3n) is 3.11. The van der Waals surface area contributed by atoms with Crippen LogP contribution in [0.4, 0.5) is 0 Å².